The number of hydrogen-bond donors (Lipinski definition) is 1. The molecule has 1 saturated heterocycles. The molecule has 11 heteroatoms. The first kappa shape index (κ1) is 19.1. The van der Waals surface area contributed by atoms with E-state index in [4.69, 9.17) is 0 Å². The Morgan fingerprint density at radius 3 is 2.55 bits per heavy atom. The van der Waals surface area contributed by atoms with E-state index in [-0.39, 0.29) is 5.91 Å². The number of aromatic nitrogens is 6. The number of tetrazole rings is 1. The second-order valence-electron chi connectivity index (χ2n) is 7.16. The van der Waals surface area contributed by atoms with Crippen molar-refractivity contribution in [3.05, 3.63) is 59.9 Å². The molecule has 1 fully saturated rings. The third-order valence-electron chi connectivity index (χ3n) is 5.26. The molecule has 0 aliphatic carbocycles. The third kappa shape index (κ3) is 3.58. The molecule has 5 rings (SSSR count). The molecule has 0 saturated carbocycles. The Morgan fingerprint density at radius 2 is 1.81 bits per heavy atom. The maximum Gasteiger partial charge on any atom is 0.295 e. The number of carbonyl (C=O) groups is 1. The van der Waals surface area contributed by atoms with Gasteiger partial charge in [0, 0.05) is 31.7 Å². The first-order chi connectivity index (χ1) is 15.1. The number of nitrogens with one attached hydrogen (secondary N) is 1. The molecule has 158 valence electrons. The highest BCUT2D eigenvalue weighted by atomic mass is 19.3. The van der Waals surface area contributed by atoms with Crippen molar-refractivity contribution in [1.82, 2.24) is 35.1 Å². The zero-order valence-electron chi connectivity index (χ0n) is 16.3. The number of piperazine rings is 1. The molecule has 2 aromatic heterocycles. The standard InChI is InChI=1S/C20H18F2N8O/c21-17(22)18-23-15-7-6-13(12-16(15)24-18)19(31)28-8-10-29(11-9-28)20-25-26-27-30(20)14-4-2-1-3-5-14/h1-7,12,17H,8-11H2,(H,23,24). The highest BCUT2D eigenvalue weighted by Gasteiger charge is 2.26. The molecule has 0 atom stereocenters. The van der Waals surface area contributed by atoms with Crippen LogP contribution in [0.2, 0.25) is 0 Å². The fraction of sp³-hybridized carbons (Fsp3) is 0.250. The zero-order valence-corrected chi connectivity index (χ0v) is 16.3. The van der Waals surface area contributed by atoms with Crippen LogP contribution in [-0.2, 0) is 0 Å². The van der Waals surface area contributed by atoms with E-state index in [1.807, 2.05) is 35.2 Å². The molecule has 0 spiro atoms. The van der Waals surface area contributed by atoms with Crippen LogP contribution in [0.4, 0.5) is 14.7 Å². The van der Waals surface area contributed by atoms with Gasteiger partial charge in [0.1, 0.15) is 0 Å². The van der Waals surface area contributed by atoms with Gasteiger partial charge in [0.15, 0.2) is 5.82 Å². The summed E-state index contributed by atoms with van der Waals surface area (Å²) in [6, 6.07) is 14.4. The van der Waals surface area contributed by atoms with Gasteiger partial charge in [-0.05, 0) is 40.8 Å². The summed E-state index contributed by atoms with van der Waals surface area (Å²) in [4.78, 5) is 23.1. The average Bonchev–Trinajstić information content (AvgIpc) is 3.46. The van der Waals surface area contributed by atoms with Crippen LogP contribution < -0.4 is 4.90 Å². The first-order valence-corrected chi connectivity index (χ1v) is 9.76. The van der Waals surface area contributed by atoms with Crippen LogP contribution in [0.25, 0.3) is 16.7 Å². The number of aromatic amines is 1. The number of para-hydroxylation sites is 1. The quantitative estimate of drug-likeness (QED) is 0.541. The molecular weight excluding hydrogens is 406 g/mol. The lowest BCUT2D eigenvalue weighted by atomic mass is 10.1. The maximum absolute atomic E-state index is 12.9. The number of anilines is 1. The normalized spacial score (nSPS) is 14.5. The van der Waals surface area contributed by atoms with Crippen molar-refractivity contribution in [2.75, 3.05) is 31.1 Å². The zero-order chi connectivity index (χ0) is 21.4. The van der Waals surface area contributed by atoms with Gasteiger partial charge in [0.2, 0.25) is 5.95 Å². The van der Waals surface area contributed by atoms with Crippen molar-refractivity contribution in [2.45, 2.75) is 6.43 Å². The van der Waals surface area contributed by atoms with Crippen molar-refractivity contribution in [1.29, 1.82) is 0 Å². The summed E-state index contributed by atoms with van der Waals surface area (Å²) < 4.78 is 27.4. The number of fused-ring (bicyclic) bond motifs is 1. The van der Waals surface area contributed by atoms with Gasteiger partial charge in [-0.2, -0.15) is 4.68 Å². The van der Waals surface area contributed by atoms with Crippen LogP contribution in [-0.4, -0.2) is 67.2 Å². The molecule has 0 unspecified atom stereocenters. The van der Waals surface area contributed by atoms with Crippen LogP contribution in [0.15, 0.2) is 48.5 Å². The first-order valence-electron chi connectivity index (χ1n) is 9.76. The number of benzene rings is 2. The second-order valence-corrected chi connectivity index (χ2v) is 7.16. The minimum Gasteiger partial charge on any atom is -0.337 e. The molecule has 3 heterocycles. The van der Waals surface area contributed by atoms with Gasteiger partial charge >= 0.3 is 0 Å². The predicted molar refractivity (Wildman–Crippen MR) is 108 cm³/mol. The summed E-state index contributed by atoms with van der Waals surface area (Å²) in [7, 11) is 0. The minimum absolute atomic E-state index is 0.155. The number of halogens is 2. The molecule has 1 aliphatic rings. The van der Waals surface area contributed by atoms with Gasteiger partial charge in [-0.1, -0.05) is 23.3 Å². The average molecular weight is 424 g/mol. The molecule has 2 aromatic carbocycles. The Bertz CT molecular complexity index is 1210. The number of imidazole rings is 1. The Morgan fingerprint density at radius 1 is 1.03 bits per heavy atom. The number of H-pyrrole nitrogens is 1. The number of carbonyl (C=O) groups excluding carboxylic acids is 1. The van der Waals surface area contributed by atoms with Crippen molar-refractivity contribution >= 4 is 22.9 Å². The van der Waals surface area contributed by atoms with Crippen LogP contribution in [0.1, 0.15) is 22.6 Å². The summed E-state index contributed by atoms with van der Waals surface area (Å²) >= 11 is 0. The topological polar surface area (TPSA) is 95.8 Å². The second kappa shape index (κ2) is 7.74. The highest BCUT2D eigenvalue weighted by Crippen LogP contribution is 2.22. The van der Waals surface area contributed by atoms with Gasteiger partial charge in [0.05, 0.1) is 16.7 Å². The number of rotatable bonds is 4. The SMILES string of the molecule is O=C(c1ccc2nc(C(F)F)[nH]c2c1)N1CCN(c2nnnn2-c2ccccc2)CC1. The molecule has 9 nitrogen and oxygen atoms in total. The Labute approximate surface area is 175 Å². The summed E-state index contributed by atoms with van der Waals surface area (Å²) in [5, 5.41) is 12.0. The molecule has 1 amide bonds. The largest absolute Gasteiger partial charge is 0.337 e. The van der Waals surface area contributed by atoms with Crippen molar-refractivity contribution in [3.63, 3.8) is 0 Å². The summed E-state index contributed by atoms with van der Waals surface area (Å²) in [5.74, 6) is 0.0680. The van der Waals surface area contributed by atoms with Crippen LogP contribution in [0, 0.1) is 0 Å². The lowest BCUT2D eigenvalue weighted by Gasteiger charge is -2.34. The molecule has 1 N–H and O–H groups in total. The highest BCUT2D eigenvalue weighted by molar-refractivity contribution is 5.97. The molecule has 0 bridgehead atoms. The van der Waals surface area contributed by atoms with Crippen molar-refractivity contribution in [2.24, 2.45) is 0 Å². The fourth-order valence-corrected chi connectivity index (χ4v) is 3.67. The van der Waals surface area contributed by atoms with Gasteiger partial charge < -0.3 is 14.8 Å². The van der Waals surface area contributed by atoms with Crippen LogP contribution >= 0.6 is 0 Å². The number of alkyl halides is 2. The number of nitrogens with zero attached hydrogens (tertiary/aromatic N) is 7. The van der Waals surface area contributed by atoms with E-state index >= 15 is 0 Å². The van der Waals surface area contributed by atoms with E-state index in [1.165, 1.54) is 0 Å². The molecule has 4 aromatic rings. The number of hydrogen-bond acceptors (Lipinski definition) is 6. The van der Waals surface area contributed by atoms with Crippen LogP contribution in [0.5, 0.6) is 0 Å². The molecule has 31 heavy (non-hydrogen) atoms. The maximum atomic E-state index is 12.9. The van der Waals surface area contributed by atoms with Gasteiger partial charge in [-0.25, -0.2) is 13.8 Å². The Kier molecular flexibility index (Phi) is 4.77. The molecule has 0 radical (unpaired) electrons. The van der Waals surface area contributed by atoms with Crippen LogP contribution in [0.3, 0.4) is 0 Å². The van der Waals surface area contributed by atoms with E-state index in [0.717, 1.165) is 5.69 Å². The third-order valence-corrected chi connectivity index (χ3v) is 5.26. The minimum atomic E-state index is -2.69. The van der Waals surface area contributed by atoms with Crippen molar-refractivity contribution in [3.8, 4) is 5.69 Å². The smallest absolute Gasteiger partial charge is 0.295 e. The summed E-state index contributed by atoms with van der Waals surface area (Å²) in [6.07, 6.45) is -2.69. The Hall–Kier alpha value is -3.89. The predicted octanol–water partition coefficient (Wildman–Crippen LogP) is 2.44. The fourth-order valence-electron chi connectivity index (χ4n) is 3.67. The summed E-state index contributed by atoms with van der Waals surface area (Å²) in [6.45, 7) is 2.12. The Balaban J connectivity index is 1.29. The lowest BCUT2D eigenvalue weighted by Crippen LogP contribution is -2.49. The van der Waals surface area contributed by atoms with E-state index in [2.05, 4.69) is 25.5 Å². The van der Waals surface area contributed by atoms with Gasteiger partial charge in [-0.15, -0.1) is 0 Å². The summed E-state index contributed by atoms with van der Waals surface area (Å²) in [5.41, 5.74) is 2.11. The van der Waals surface area contributed by atoms with E-state index < -0.39 is 12.2 Å². The van der Waals surface area contributed by atoms with E-state index in [9.17, 15) is 13.6 Å². The van der Waals surface area contributed by atoms with Gasteiger partial charge in [-0.3, -0.25) is 4.79 Å². The van der Waals surface area contributed by atoms with Gasteiger partial charge in [0.25, 0.3) is 12.3 Å². The molecular formula is C20H18F2N8O. The monoisotopic (exact) mass is 424 g/mol. The van der Waals surface area contributed by atoms with E-state index in [1.54, 1.807) is 27.8 Å². The number of amides is 1. The lowest BCUT2D eigenvalue weighted by molar-refractivity contribution is 0.0746. The van der Waals surface area contributed by atoms with Crippen molar-refractivity contribution < 1.29 is 13.6 Å². The van der Waals surface area contributed by atoms with E-state index in [0.29, 0.717) is 48.7 Å². The molecule has 1 aliphatic heterocycles.